The molecule has 138 valence electrons. The Morgan fingerprint density at radius 3 is 2.36 bits per heavy atom. The average Bonchev–Trinajstić information content (AvgIpc) is 3.32. The zero-order valence-electron chi connectivity index (χ0n) is 15.3. The lowest BCUT2D eigenvalue weighted by molar-refractivity contribution is -0.136. The fraction of sp³-hybridized carbons (Fsp3) is 0.750. The standard InChI is InChI=1S/C20H31N3O2/c1-16-14-23(15-19(16)22-10-12-25-13-11-22)20(24)17-4-6-18(7-5-17)21-8-2-3-9-21/h2-3,8-9,16-19H,4-7,10-15H2,1H3/t16-,17?,18?,19+/m1/s1. The minimum absolute atomic E-state index is 0.238. The number of likely N-dealkylation sites (tertiary alicyclic amines) is 1. The zero-order chi connectivity index (χ0) is 17.2. The van der Waals surface area contributed by atoms with E-state index in [-0.39, 0.29) is 5.92 Å². The zero-order valence-corrected chi connectivity index (χ0v) is 15.3. The Hall–Kier alpha value is -1.33. The molecule has 0 bridgehead atoms. The fourth-order valence-electron chi connectivity index (χ4n) is 4.98. The molecular weight excluding hydrogens is 314 g/mol. The van der Waals surface area contributed by atoms with Gasteiger partial charge >= 0.3 is 0 Å². The summed E-state index contributed by atoms with van der Waals surface area (Å²) in [5.41, 5.74) is 0. The van der Waals surface area contributed by atoms with E-state index in [4.69, 9.17) is 4.74 Å². The maximum absolute atomic E-state index is 13.0. The van der Waals surface area contributed by atoms with Crippen LogP contribution in [0.3, 0.4) is 0 Å². The Morgan fingerprint density at radius 2 is 1.68 bits per heavy atom. The number of amides is 1. The van der Waals surface area contributed by atoms with E-state index in [0.29, 0.717) is 23.9 Å². The Balaban J connectivity index is 1.31. The molecule has 5 nitrogen and oxygen atoms in total. The van der Waals surface area contributed by atoms with Crippen LogP contribution in [0.15, 0.2) is 24.5 Å². The van der Waals surface area contributed by atoms with Crippen LogP contribution in [0.1, 0.15) is 38.6 Å². The molecule has 25 heavy (non-hydrogen) atoms. The summed E-state index contributed by atoms with van der Waals surface area (Å²) in [7, 11) is 0. The average molecular weight is 345 g/mol. The lowest BCUT2D eigenvalue weighted by Gasteiger charge is -2.34. The highest BCUT2D eigenvalue weighted by Gasteiger charge is 2.39. The Labute approximate surface area is 150 Å². The third-order valence-electron chi connectivity index (χ3n) is 6.49. The van der Waals surface area contributed by atoms with Gasteiger partial charge in [0.25, 0.3) is 0 Å². The number of carbonyl (C=O) groups excluding carboxylic acids is 1. The molecule has 1 saturated carbocycles. The number of ether oxygens (including phenoxy) is 1. The van der Waals surface area contributed by atoms with E-state index in [1.54, 1.807) is 0 Å². The second kappa shape index (κ2) is 7.50. The number of hydrogen-bond donors (Lipinski definition) is 0. The molecule has 0 aromatic carbocycles. The molecule has 0 N–H and O–H groups in total. The van der Waals surface area contributed by atoms with Gasteiger partial charge in [-0.05, 0) is 43.7 Å². The minimum Gasteiger partial charge on any atom is -0.379 e. The molecular formula is C20H31N3O2. The molecule has 1 aromatic rings. The lowest BCUT2D eigenvalue weighted by atomic mass is 9.85. The van der Waals surface area contributed by atoms with Gasteiger partial charge in [-0.2, -0.15) is 0 Å². The van der Waals surface area contributed by atoms with Gasteiger partial charge in [0, 0.05) is 56.6 Å². The highest BCUT2D eigenvalue weighted by Crippen LogP contribution is 2.34. The van der Waals surface area contributed by atoms with Crippen molar-refractivity contribution in [2.75, 3.05) is 39.4 Å². The first-order valence-corrected chi connectivity index (χ1v) is 9.95. The summed E-state index contributed by atoms with van der Waals surface area (Å²) in [4.78, 5) is 17.7. The molecule has 2 saturated heterocycles. The molecule has 3 fully saturated rings. The topological polar surface area (TPSA) is 37.7 Å². The molecule has 3 aliphatic rings. The third-order valence-corrected chi connectivity index (χ3v) is 6.49. The predicted octanol–water partition coefficient (Wildman–Crippen LogP) is 2.40. The number of morpholine rings is 1. The molecule has 3 heterocycles. The molecule has 2 atom stereocenters. The van der Waals surface area contributed by atoms with E-state index < -0.39 is 0 Å². The van der Waals surface area contributed by atoms with Crippen LogP contribution in [0, 0.1) is 11.8 Å². The number of hydrogen-bond acceptors (Lipinski definition) is 3. The summed E-state index contributed by atoms with van der Waals surface area (Å²) in [5, 5.41) is 0. The molecule has 0 radical (unpaired) electrons. The molecule has 0 unspecified atom stereocenters. The second-order valence-electron chi connectivity index (χ2n) is 8.07. The fourth-order valence-corrected chi connectivity index (χ4v) is 4.98. The van der Waals surface area contributed by atoms with Crippen LogP contribution >= 0.6 is 0 Å². The highest BCUT2D eigenvalue weighted by atomic mass is 16.5. The van der Waals surface area contributed by atoms with Gasteiger partial charge in [-0.3, -0.25) is 9.69 Å². The summed E-state index contributed by atoms with van der Waals surface area (Å²) in [6.07, 6.45) is 8.64. The highest BCUT2D eigenvalue weighted by molar-refractivity contribution is 5.79. The SMILES string of the molecule is C[C@@H]1CN(C(=O)C2CCC(n3cccc3)CC2)C[C@@H]1N1CCOCC1. The first-order chi connectivity index (χ1) is 12.2. The number of rotatable bonds is 3. The van der Waals surface area contributed by atoms with Crippen molar-refractivity contribution in [2.45, 2.75) is 44.7 Å². The minimum atomic E-state index is 0.238. The maximum atomic E-state index is 13.0. The Bertz CT molecular complexity index is 560. The van der Waals surface area contributed by atoms with Crippen LogP contribution < -0.4 is 0 Å². The van der Waals surface area contributed by atoms with E-state index in [1.165, 1.54) is 0 Å². The van der Waals surface area contributed by atoms with Crippen LogP contribution in [-0.4, -0.2) is 65.7 Å². The Morgan fingerprint density at radius 1 is 1.00 bits per heavy atom. The van der Waals surface area contributed by atoms with Crippen molar-refractivity contribution in [1.82, 2.24) is 14.4 Å². The monoisotopic (exact) mass is 345 g/mol. The normalized spacial score (nSPS) is 34.4. The van der Waals surface area contributed by atoms with Crippen LogP contribution in [0.2, 0.25) is 0 Å². The predicted molar refractivity (Wildman–Crippen MR) is 97.4 cm³/mol. The maximum Gasteiger partial charge on any atom is 0.225 e. The first-order valence-electron chi connectivity index (χ1n) is 9.95. The van der Waals surface area contributed by atoms with E-state index in [9.17, 15) is 4.79 Å². The quantitative estimate of drug-likeness (QED) is 0.844. The first kappa shape index (κ1) is 17.1. The van der Waals surface area contributed by atoms with E-state index in [1.807, 2.05) is 0 Å². The third kappa shape index (κ3) is 3.63. The smallest absolute Gasteiger partial charge is 0.225 e. The van der Waals surface area contributed by atoms with Crippen molar-refractivity contribution in [1.29, 1.82) is 0 Å². The second-order valence-corrected chi connectivity index (χ2v) is 8.07. The van der Waals surface area contributed by atoms with Gasteiger partial charge in [-0.15, -0.1) is 0 Å². The van der Waals surface area contributed by atoms with Crippen molar-refractivity contribution in [3.63, 3.8) is 0 Å². The molecule has 0 spiro atoms. The van der Waals surface area contributed by atoms with E-state index >= 15 is 0 Å². The van der Waals surface area contributed by atoms with Gasteiger partial charge in [0.15, 0.2) is 0 Å². The molecule has 2 aliphatic heterocycles. The van der Waals surface area contributed by atoms with E-state index in [2.05, 4.69) is 45.8 Å². The van der Waals surface area contributed by atoms with Crippen molar-refractivity contribution < 1.29 is 9.53 Å². The summed E-state index contributed by atoms with van der Waals surface area (Å²) in [5.74, 6) is 1.22. The van der Waals surface area contributed by atoms with Gasteiger partial charge in [0.2, 0.25) is 5.91 Å². The van der Waals surface area contributed by atoms with Crippen LogP contribution in [-0.2, 0) is 9.53 Å². The summed E-state index contributed by atoms with van der Waals surface area (Å²) >= 11 is 0. The summed E-state index contributed by atoms with van der Waals surface area (Å²) in [6, 6.07) is 5.28. The van der Waals surface area contributed by atoms with Crippen molar-refractivity contribution in [3.8, 4) is 0 Å². The van der Waals surface area contributed by atoms with Gasteiger partial charge in [-0.25, -0.2) is 0 Å². The molecule has 1 aliphatic carbocycles. The van der Waals surface area contributed by atoms with Crippen molar-refractivity contribution in [3.05, 3.63) is 24.5 Å². The van der Waals surface area contributed by atoms with Crippen molar-refractivity contribution in [2.24, 2.45) is 11.8 Å². The summed E-state index contributed by atoms with van der Waals surface area (Å²) < 4.78 is 7.79. The molecule has 4 rings (SSSR count). The van der Waals surface area contributed by atoms with Gasteiger partial charge in [0.05, 0.1) is 13.2 Å². The summed E-state index contributed by atoms with van der Waals surface area (Å²) in [6.45, 7) is 7.84. The Kier molecular flexibility index (Phi) is 5.13. The van der Waals surface area contributed by atoms with Crippen LogP contribution in [0.4, 0.5) is 0 Å². The molecule has 5 heteroatoms. The molecule has 1 aromatic heterocycles. The van der Waals surface area contributed by atoms with Gasteiger partial charge in [-0.1, -0.05) is 6.92 Å². The molecule has 1 amide bonds. The number of carbonyl (C=O) groups is 1. The number of nitrogens with zero attached hydrogens (tertiary/aromatic N) is 3. The van der Waals surface area contributed by atoms with Crippen LogP contribution in [0.5, 0.6) is 0 Å². The lowest BCUT2D eigenvalue weighted by Crippen LogP contribution is -2.47. The van der Waals surface area contributed by atoms with Crippen molar-refractivity contribution >= 4 is 5.91 Å². The number of aromatic nitrogens is 1. The van der Waals surface area contributed by atoms with Gasteiger partial charge < -0.3 is 14.2 Å². The van der Waals surface area contributed by atoms with Crippen LogP contribution in [0.25, 0.3) is 0 Å². The van der Waals surface area contributed by atoms with E-state index in [0.717, 1.165) is 65.1 Å². The van der Waals surface area contributed by atoms with Gasteiger partial charge in [0.1, 0.15) is 0 Å². The largest absolute Gasteiger partial charge is 0.379 e.